The molecule has 0 aromatic heterocycles. The van der Waals surface area contributed by atoms with Gasteiger partial charge in [-0.3, -0.25) is 4.90 Å². The summed E-state index contributed by atoms with van der Waals surface area (Å²) in [4.78, 5) is 1.32. The van der Waals surface area contributed by atoms with Crippen LogP contribution in [0.3, 0.4) is 0 Å². The van der Waals surface area contributed by atoms with Crippen molar-refractivity contribution in [2.75, 3.05) is 26.7 Å². The summed E-state index contributed by atoms with van der Waals surface area (Å²) < 4.78 is 36.6. The zero-order valence-corrected chi connectivity index (χ0v) is 11.7. The lowest BCUT2D eigenvalue weighted by Crippen LogP contribution is -2.46. The third kappa shape index (κ3) is 10.6. The molecule has 0 bridgehead atoms. The van der Waals surface area contributed by atoms with Gasteiger partial charge in [0.05, 0.1) is 6.54 Å². The van der Waals surface area contributed by atoms with Crippen LogP contribution in [0.2, 0.25) is 0 Å². The van der Waals surface area contributed by atoms with Gasteiger partial charge < -0.3 is 5.32 Å². The minimum absolute atomic E-state index is 0.0140. The first-order chi connectivity index (χ1) is 7.31. The van der Waals surface area contributed by atoms with E-state index >= 15 is 0 Å². The van der Waals surface area contributed by atoms with E-state index in [9.17, 15) is 13.2 Å². The molecular weight excluding hydrogens is 229 g/mol. The van der Waals surface area contributed by atoms with Crippen LogP contribution < -0.4 is 5.32 Å². The molecule has 0 heterocycles. The molecule has 0 unspecified atom stereocenters. The Kier molecular flexibility index (Phi) is 5.47. The molecule has 0 atom stereocenters. The van der Waals surface area contributed by atoms with E-state index in [0.717, 1.165) is 0 Å². The molecule has 104 valence electrons. The predicted molar refractivity (Wildman–Crippen MR) is 65.1 cm³/mol. The fourth-order valence-corrected chi connectivity index (χ4v) is 1.65. The average Bonchev–Trinajstić information content (AvgIpc) is 1.94. The fraction of sp³-hybridized carbons (Fsp3) is 1.00. The van der Waals surface area contributed by atoms with Crippen molar-refractivity contribution in [1.82, 2.24) is 10.2 Å². The van der Waals surface area contributed by atoms with Crippen LogP contribution in [0.4, 0.5) is 13.2 Å². The van der Waals surface area contributed by atoms with Crippen LogP contribution in [-0.4, -0.2) is 43.3 Å². The van der Waals surface area contributed by atoms with Crippen molar-refractivity contribution >= 4 is 0 Å². The average molecular weight is 254 g/mol. The Balaban J connectivity index is 4.16. The van der Waals surface area contributed by atoms with Crippen LogP contribution in [0, 0.1) is 5.41 Å². The van der Waals surface area contributed by atoms with Crippen molar-refractivity contribution in [3.8, 4) is 0 Å². The van der Waals surface area contributed by atoms with E-state index in [2.05, 4.69) is 5.32 Å². The quantitative estimate of drug-likeness (QED) is 0.811. The normalized spacial score (nSPS) is 14.5. The molecule has 0 rings (SSSR count). The van der Waals surface area contributed by atoms with Crippen LogP contribution in [0.5, 0.6) is 0 Å². The van der Waals surface area contributed by atoms with Crippen LogP contribution in [-0.2, 0) is 0 Å². The molecule has 5 heteroatoms. The maximum absolute atomic E-state index is 12.2. The molecule has 0 amide bonds. The third-order valence-electron chi connectivity index (χ3n) is 2.24. The molecule has 0 spiro atoms. The minimum Gasteiger partial charge on any atom is -0.311 e. The maximum Gasteiger partial charge on any atom is 0.401 e. The highest BCUT2D eigenvalue weighted by Crippen LogP contribution is 2.20. The van der Waals surface area contributed by atoms with Gasteiger partial charge >= 0.3 is 6.18 Å². The SMILES string of the molecule is CN(CC(F)(F)F)CC(C)(C)CNC(C)(C)C. The molecule has 0 fully saturated rings. The van der Waals surface area contributed by atoms with Gasteiger partial charge in [0.15, 0.2) is 0 Å². The molecule has 0 saturated heterocycles. The number of nitrogens with one attached hydrogen (secondary N) is 1. The second-order valence-corrected chi connectivity index (χ2v) is 6.56. The first-order valence-corrected chi connectivity index (χ1v) is 5.81. The number of rotatable bonds is 5. The van der Waals surface area contributed by atoms with Crippen molar-refractivity contribution in [2.24, 2.45) is 5.41 Å². The summed E-state index contributed by atoms with van der Waals surface area (Å²) in [5.74, 6) is 0. The second kappa shape index (κ2) is 5.57. The monoisotopic (exact) mass is 254 g/mol. The van der Waals surface area contributed by atoms with Gasteiger partial charge in [0, 0.05) is 18.6 Å². The Labute approximate surface area is 103 Å². The van der Waals surface area contributed by atoms with Gasteiger partial charge in [-0.1, -0.05) is 13.8 Å². The summed E-state index contributed by atoms with van der Waals surface area (Å²) in [6.07, 6.45) is -4.12. The van der Waals surface area contributed by atoms with Gasteiger partial charge in [-0.05, 0) is 33.2 Å². The molecule has 0 radical (unpaired) electrons. The molecule has 0 aromatic rings. The van der Waals surface area contributed by atoms with Gasteiger partial charge in [0.2, 0.25) is 0 Å². The first kappa shape index (κ1) is 16.7. The molecular formula is C12H25F3N2. The first-order valence-electron chi connectivity index (χ1n) is 5.81. The summed E-state index contributed by atoms with van der Waals surface area (Å²) in [6, 6.07) is 0. The zero-order chi connectivity index (χ0) is 13.9. The summed E-state index contributed by atoms with van der Waals surface area (Å²) >= 11 is 0. The van der Waals surface area contributed by atoms with Crippen LogP contribution in [0.25, 0.3) is 0 Å². The van der Waals surface area contributed by atoms with E-state index < -0.39 is 12.7 Å². The Bertz CT molecular complexity index is 229. The van der Waals surface area contributed by atoms with Gasteiger partial charge in [0.1, 0.15) is 0 Å². The fourth-order valence-electron chi connectivity index (χ4n) is 1.65. The van der Waals surface area contributed by atoms with Gasteiger partial charge in [-0.25, -0.2) is 0 Å². The molecule has 0 aliphatic rings. The lowest BCUT2D eigenvalue weighted by atomic mass is 9.91. The third-order valence-corrected chi connectivity index (χ3v) is 2.24. The standard InChI is InChI=1S/C12H25F3N2/c1-10(2,3)16-7-11(4,5)8-17(6)9-12(13,14)15/h16H,7-9H2,1-6H3. The number of hydrogen-bond acceptors (Lipinski definition) is 2. The van der Waals surface area contributed by atoms with Crippen molar-refractivity contribution in [2.45, 2.75) is 46.3 Å². The van der Waals surface area contributed by atoms with E-state index in [0.29, 0.717) is 13.1 Å². The smallest absolute Gasteiger partial charge is 0.311 e. The Morgan fingerprint density at radius 3 is 1.76 bits per heavy atom. The van der Waals surface area contributed by atoms with Crippen molar-refractivity contribution < 1.29 is 13.2 Å². The second-order valence-electron chi connectivity index (χ2n) is 6.56. The summed E-state index contributed by atoms with van der Waals surface area (Å²) in [5, 5.41) is 3.32. The van der Waals surface area contributed by atoms with Gasteiger partial charge in [-0.15, -0.1) is 0 Å². The zero-order valence-electron chi connectivity index (χ0n) is 11.7. The highest BCUT2D eigenvalue weighted by Gasteiger charge is 2.31. The van der Waals surface area contributed by atoms with Crippen molar-refractivity contribution in [3.05, 3.63) is 0 Å². The molecule has 17 heavy (non-hydrogen) atoms. The molecule has 2 nitrogen and oxygen atoms in total. The lowest BCUT2D eigenvalue weighted by molar-refractivity contribution is -0.145. The van der Waals surface area contributed by atoms with E-state index in [-0.39, 0.29) is 11.0 Å². The molecule has 1 N–H and O–H groups in total. The highest BCUT2D eigenvalue weighted by atomic mass is 19.4. The largest absolute Gasteiger partial charge is 0.401 e. The number of hydrogen-bond donors (Lipinski definition) is 1. The van der Waals surface area contributed by atoms with Gasteiger partial charge in [-0.2, -0.15) is 13.2 Å². The Morgan fingerprint density at radius 1 is 0.941 bits per heavy atom. The molecule has 0 aromatic carbocycles. The number of halogens is 3. The van der Waals surface area contributed by atoms with Crippen LogP contribution in [0.15, 0.2) is 0 Å². The summed E-state index contributed by atoms with van der Waals surface area (Å²) in [5.41, 5.74) is -0.201. The van der Waals surface area contributed by atoms with E-state index in [1.807, 2.05) is 34.6 Å². The van der Waals surface area contributed by atoms with E-state index in [1.165, 1.54) is 11.9 Å². The van der Waals surface area contributed by atoms with E-state index in [4.69, 9.17) is 0 Å². The number of alkyl halides is 3. The molecule has 0 saturated carbocycles. The van der Waals surface area contributed by atoms with Crippen molar-refractivity contribution in [1.29, 1.82) is 0 Å². The van der Waals surface area contributed by atoms with Crippen molar-refractivity contribution in [3.63, 3.8) is 0 Å². The van der Waals surface area contributed by atoms with E-state index in [1.54, 1.807) is 0 Å². The van der Waals surface area contributed by atoms with Gasteiger partial charge in [0.25, 0.3) is 0 Å². The number of nitrogens with zero attached hydrogens (tertiary/aromatic N) is 1. The summed E-state index contributed by atoms with van der Waals surface area (Å²) in [6.45, 7) is 10.3. The minimum atomic E-state index is -4.12. The summed E-state index contributed by atoms with van der Waals surface area (Å²) in [7, 11) is 1.51. The Hall–Kier alpha value is -0.290. The Morgan fingerprint density at radius 2 is 1.41 bits per heavy atom. The van der Waals surface area contributed by atoms with Crippen LogP contribution >= 0.6 is 0 Å². The van der Waals surface area contributed by atoms with Crippen LogP contribution in [0.1, 0.15) is 34.6 Å². The highest BCUT2D eigenvalue weighted by molar-refractivity contribution is 4.80. The molecule has 0 aliphatic carbocycles. The predicted octanol–water partition coefficient (Wildman–Crippen LogP) is 2.89. The topological polar surface area (TPSA) is 15.3 Å². The molecule has 0 aliphatic heterocycles. The lowest BCUT2D eigenvalue weighted by Gasteiger charge is -2.34. The maximum atomic E-state index is 12.2.